The molecular weight excluding hydrogens is 331 g/mol. The summed E-state index contributed by atoms with van der Waals surface area (Å²) in [7, 11) is 0. The number of hydrogen-bond donors (Lipinski definition) is 2. The average Bonchev–Trinajstić information content (AvgIpc) is 2.68. The first-order chi connectivity index (χ1) is 12.7. The van der Waals surface area contributed by atoms with Gasteiger partial charge in [0.2, 0.25) is 5.91 Å². The van der Waals surface area contributed by atoms with Crippen LogP contribution < -0.4 is 15.5 Å². The van der Waals surface area contributed by atoms with Crippen LogP contribution in [-0.4, -0.2) is 63.2 Å². The second kappa shape index (κ2) is 9.88. The lowest BCUT2D eigenvalue weighted by atomic mass is 9.93. The van der Waals surface area contributed by atoms with Crippen LogP contribution in [0.3, 0.4) is 0 Å². The largest absolute Gasteiger partial charge is 0.369 e. The zero-order valence-corrected chi connectivity index (χ0v) is 15.6. The SMILES string of the molecule is O=C(CCC1CCNCC1)NCCN1CCN(c2ccc(F)cc2)CC1. The fraction of sp³-hybridized carbons (Fsp3) is 0.650. The van der Waals surface area contributed by atoms with Crippen LogP contribution in [-0.2, 0) is 4.79 Å². The number of piperidine rings is 1. The third-order valence-electron chi connectivity index (χ3n) is 5.55. The molecule has 2 fully saturated rings. The zero-order valence-electron chi connectivity index (χ0n) is 15.6. The summed E-state index contributed by atoms with van der Waals surface area (Å²) in [5.74, 6) is 0.707. The van der Waals surface area contributed by atoms with E-state index in [2.05, 4.69) is 20.4 Å². The third-order valence-corrected chi connectivity index (χ3v) is 5.55. The molecule has 0 unspecified atom stereocenters. The van der Waals surface area contributed by atoms with Crippen molar-refractivity contribution in [1.29, 1.82) is 0 Å². The van der Waals surface area contributed by atoms with Crippen molar-refractivity contribution < 1.29 is 9.18 Å². The van der Waals surface area contributed by atoms with Crippen LogP contribution in [0.5, 0.6) is 0 Å². The van der Waals surface area contributed by atoms with Crippen molar-refractivity contribution in [2.75, 3.05) is 57.3 Å². The fourth-order valence-electron chi connectivity index (χ4n) is 3.83. The molecular formula is C20H31FN4O. The van der Waals surface area contributed by atoms with Crippen molar-refractivity contribution in [3.05, 3.63) is 30.1 Å². The van der Waals surface area contributed by atoms with Gasteiger partial charge in [-0.25, -0.2) is 4.39 Å². The predicted octanol–water partition coefficient (Wildman–Crippen LogP) is 1.84. The highest BCUT2D eigenvalue weighted by Gasteiger charge is 2.18. The molecule has 2 saturated heterocycles. The Labute approximate surface area is 155 Å². The smallest absolute Gasteiger partial charge is 0.220 e. The highest BCUT2D eigenvalue weighted by atomic mass is 19.1. The molecule has 2 aliphatic rings. The monoisotopic (exact) mass is 362 g/mol. The molecule has 5 nitrogen and oxygen atoms in total. The number of nitrogens with one attached hydrogen (secondary N) is 2. The Kier molecular flexibility index (Phi) is 7.26. The third kappa shape index (κ3) is 5.95. The minimum absolute atomic E-state index is 0.188. The number of rotatable bonds is 7. The van der Waals surface area contributed by atoms with E-state index >= 15 is 0 Å². The van der Waals surface area contributed by atoms with Crippen LogP contribution in [0.4, 0.5) is 10.1 Å². The van der Waals surface area contributed by atoms with Gasteiger partial charge in [0.15, 0.2) is 0 Å². The van der Waals surface area contributed by atoms with E-state index < -0.39 is 0 Å². The van der Waals surface area contributed by atoms with Gasteiger partial charge in [0, 0.05) is 51.4 Å². The number of anilines is 1. The van der Waals surface area contributed by atoms with Crippen molar-refractivity contribution in [2.45, 2.75) is 25.7 Å². The number of piperazine rings is 1. The van der Waals surface area contributed by atoms with Gasteiger partial charge in [-0.15, -0.1) is 0 Å². The normalized spacial score (nSPS) is 19.5. The highest BCUT2D eigenvalue weighted by Crippen LogP contribution is 2.18. The van der Waals surface area contributed by atoms with E-state index in [1.807, 2.05) is 12.1 Å². The van der Waals surface area contributed by atoms with E-state index in [1.54, 1.807) is 0 Å². The topological polar surface area (TPSA) is 47.6 Å². The fourth-order valence-corrected chi connectivity index (χ4v) is 3.83. The lowest BCUT2D eigenvalue weighted by molar-refractivity contribution is -0.121. The van der Waals surface area contributed by atoms with Crippen LogP contribution in [0.2, 0.25) is 0 Å². The molecule has 0 atom stereocenters. The number of carbonyl (C=O) groups is 1. The minimum atomic E-state index is -0.191. The predicted molar refractivity (Wildman–Crippen MR) is 103 cm³/mol. The lowest BCUT2D eigenvalue weighted by Gasteiger charge is -2.36. The Morgan fingerprint density at radius 1 is 1.12 bits per heavy atom. The first-order valence-corrected chi connectivity index (χ1v) is 9.91. The van der Waals surface area contributed by atoms with Gasteiger partial charge in [0.25, 0.3) is 0 Å². The molecule has 1 aromatic rings. The quantitative estimate of drug-likeness (QED) is 0.777. The molecule has 0 aliphatic carbocycles. The second-order valence-corrected chi connectivity index (χ2v) is 7.39. The molecule has 26 heavy (non-hydrogen) atoms. The summed E-state index contributed by atoms with van der Waals surface area (Å²) < 4.78 is 13.0. The lowest BCUT2D eigenvalue weighted by Crippen LogP contribution is -2.48. The summed E-state index contributed by atoms with van der Waals surface area (Å²) >= 11 is 0. The van der Waals surface area contributed by atoms with Crippen molar-refractivity contribution in [3.63, 3.8) is 0 Å². The Hall–Kier alpha value is -1.66. The molecule has 6 heteroatoms. The average molecular weight is 362 g/mol. The molecule has 0 spiro atoms. The Morgan fingerprint density at radius 2 is 1.81 bits per heavy atom. The van der Waals surface area contributed by atoms with E-state index in [0.29, 0.717) is 12.3 Å². The van der Waals surface area contributed by atoms with E-state index in [-0.39, 0.29) is 11.7 Å². The van der Waals surface area contributed by atoms with E-state index in [1.165, 1.54) is 25.0 Å². The molecule has 1 aromatic carbocycles. The number of amides is 1. The first-order valence-electron chi connectivity index (χ1n) is 9.91. The van der Waals surface area contributed by atoms with E-state index in [4.69, 9.17) is 0 Å². The summed E-state index contributed by atoms with van der Waals surface area (Å²) in [6.45, 7) is 7.64. The number of nitrogens with zero attached hydrogens (tertiary/aromatic N) is 2. The maximum atomic E-state index is 13.0. The van der Waals surface area contributed by atoms with E-state index in [0.717, 1.165) is 64.5 Å². The van der Waals surface area contributed by atoms with Crippen LogP contribution in [0, 0.1) is 11.7 Å². The Morgan fingerprint density at radius 3 is 2.50 bits per heavy atom. The van der Waals surface area contributed by atoms with Gasteiger partial charge in [-0.1, -0.05) is 0 Å². The van der Waals surface area contributed by atoms with Gasteiger partial charge in [-0.3, -0.25) is 9.69 Å². The molecule has 2 N–H and O–H groups in total. The summed E-state index contributed by atoms with van der Waals surface area (Å²) in [6, 6.07) is 6.71. The van der Waals surface area contributed by atoms with Crippen molar-refractivity contribution in [1.82, 2.24) is 15.5 Å². The second-order valence-electron chi connectivity index (χ2n) is 7.39. The summed E-state index contributed by atoms with van der Waals surface area (Å²) in [4.78, 5) is 16.7. The molecule has 0 saturated carbocycles. The van der Waals surface area contributed by atoms with Gasteiger partial charge in [-0.05, 0) is 62.5 Å². The summed E-state index contributed by atoms with van der Waals surface area (Å²) in [6.07, 6.45) is 4.07. The molecule has 3 rings (SSSR count). The van der Waals surface area contributed by atoms with Crippen LogP contribution in [0.1, 0.15) is 25.7 Å². The molecule has 0 radical (unpaired) electrons. The Balaban J connectivity index is 1.27. The molecule has 0 aromatic heterocycles. The molecule has 2 heterocycles. The van der Waals surface area contributed by atoms with Crippen molar-refractivity contribution in [2.24, 2.45) is 5.92 Å². The number of hydrogen-bond acceptors (Lipinski definition) is 4. The number of benzene rings is 1. The van der Waals surface area contributed by atoms with Gasteiger partial charge >= 0.3 is 0 Å². The maximum Gasteiger partial charge on any atom is 0.220 e. The molecule has 2 aliphatic heterocycles. The van der Waals surface area contributed by atoms with Gasteiger partial charge in [0.05, 0.1) is 0 Å². The van der Waals surface area contributed by atoms with Crippen LogP contribution >= 0.6 is 0 Å². The highest BCUT2D eigenvalue weighted by molar-refractivity contribution is 5.75. The van der Waals surface area contributed by atoms with Crippen molar-refractivity contribution in [3.8, 4) is 0 Å². The van der Waals surface area contributed by atoms with Crippen LogP contribution in [0.15, 0.2) is 24.3 Å². The van der Waals surface area contributed by atoms with Gasteiger partial charge in [0.1, 0.15) is 5.82 Å². The molecule has 0 bridgehead atoms. The molecule has 1 amide bonds. The van der Waals surface area contributed by atoms with Crippen molar-refractivity contribution >= 4 is 11.6 Å². The van der Waals surface area contributed by atoms with Crippen LogP contribution in [0.25, 0.3) is 0 Å². The minimum Gasteiger partial charge on any atom is -0.369 e. The number of halogens is 1. The van der Waals surface area contributed by atoms with Gasteiger partial charge < -0.3 is 15.5 Å². The summed E-state index contributed by atoms with van der Waals surface area (Å²) in [5.41, 5.74) is 1.08. The standard InChI is InChI=1S/C20H31FN4O/c21-18-2-4-19(5-3-18)25-15-13-24(14-16-25)12-11-23-20(26)6-1-17-7-9-22-10-8-17/h2-5,17,22H,1,6-16H2,(H,23,26). The Bertz CT molecular complexity index is 551. The maximum absolute atomic E-state index is 13.0. The zero-order chi connectivity index (χ0) is 18.2. The first kappa shape index (κ1) is 19.1. The summed E-state index contributed by atoms with van der Waals surface area (Å²) in [5, 5.41) is 6.43. The van der Waals surface area contributed by atoms with Gasteiger partial charge in [-0.2, -0.15) is 0 Å². The number of carbonyl (C=O) groups excluding carboxylic acids is 1. The molecule has 144 valence electrons. The van der Waals surface area contributed by atoms with E-state index in [9.17, 15) is 9.18 Å².